The fraction of sp³-hybridized carbons (Fsp3) is 0.400. The second-order valence-corrected chi connectivity index (χ2v) is 3.98. The Balaban J connectivity index is 2.96. The van der Waals surface area contributed by atoms with Gasteiger partial charge in [0, 0.05) is 22.6 Å². The molecule has 2 nitrogen and oxygen atoms in total. The first-order valence-electron chi connectivity index (χ1n) is 4.46. The van der Waals surface area contributed by atoms with Crippen LogP contribution in [0.25, 0.3) is 0 Å². The molecule has 0 amide bonds. The second kappa shape index (κ2) is 5.44. The van der Waals surface area contributed by atoms with Crippen LogP contribution in [-0.2, 0) is 0 Å². The summed E-state index contributed by atoms with van der Waals surface area (Å²) in [5.74, 6) is -0.178. The van der Waals surface area contributed by atoms with E-state index in [0.717, 1.165) is 4.47 Å². The van der Waals surface area contributed by atoms with E-state index in [1.54, 1.807) is 12.1 Å². The van der Waals surface area contributed by atoms with Crippen LogP contribution in [0.1, 0.15) is 11.6 Å². The van der Waals surface area contributed by atoms with Crippen molar-refractivity contribution in [2.24, 2.45) is 0 Å². The Morgan fingerprint density at radius 1 is 1.43 bits per heavy atom. The van der Waals surface area contributed by atoms with Gasteiger partial charge in [0.15, 0.2) is 0 Å². The molecule has 0 bridgehead atoms. The van der Waals surface area contributed by atoms with Gasteiger partial charge in [0.05, 0.1) is 0 Å². The lowest BCUT2D eigenvalue weighted by Crippen LogP contribution is -2.28. The molecule has 0 spiro atoms. The van der Waals surface area contributed by atoms with E-state index in [-0.39, 0.29) is 11.9 Å². The molecule has 1 atom stereocenters. The quantitative estimate of drug-likeness (QED) is 0.867. The molecule has 14 heavy (non-hydrogen) atoms. The third-order valence-corrected chi connectivity index (χ3v) is 2.58. The van der Waals surface area contributed by atoms with E-state index in [1.807, 2.05) is 14.1 Å². The standard InChI is InChI=1S/C10H14BrFN2/c1-13-6-10(14-2)8-5-7(11)3-4-9(8)12/h3-5,10,13-14H,6H2,1-2H3. The van der Waals surface area contributed by atoms with Crippen LogP contribution in [0.3, 0.4) is 0 Å². The monoisotopic (exact) mass is 260 g/mol. The fourth-order valence-corrected chi connectivity index (χ4v) is 1.73. The van der Waals surface area contributed by atoms with E-state index in [2.05, 4.69) is 26.6 Å². The maximum absolute atomic E-state index is 13.4. The molecule has 0 heterocycles. The van der Waals surface area contributed by atoms with Gasteiger partial charge in [-0.1, -0.05) is 15.9 Å². The van der Waals surface area contributed by atoms with E-state index in [4.69, 9.17) is 0 Å². The summed E-state index contributed by atoms with van der Waals surface area (Å²) in [7, 11) is 3.67. The Morgan fingerprint density at radius 2 is 2.14 bits per heavy atom. The van der Waals surface area contributed by atoms with E-state index >= 15 is 0 Å². The molecule has 0 radical (unpaired) electrons. The van der Waals surface area contributed by atoms with Gasteiger partial charge in [-0.2, -0.15) is 0 Å². The Hall–Kier alpha value is -0.450. The van der Waals surface area contributed by atoms with Crippen molar-refractivity contribution in [2.45, 2.75) is 6.04 Å². The summed E-state index contributed by atoms with van der Waals surface area (Å²) in [5.41, 5.74) is 0.677. The highest BCUT2D eigenvalue weighted by Crippen LogP contribution is 2.21. The number of hydrogen-bond donors (Lipinski definition) is 2. The SMILES string of the molecule is CNCC(NC)c1cc(Br)ccc1F. The Kier molecular flexibility index (Phi) is 4.51. The van der Waals surface area contributed by atoms with Gasteiger partial charge < -0.3 is 10.6 Å². The molecule has 0 saturated heterocycles. The summed E-state index contributed by atoms with van der Waals surface area (Å²) in [6.45, 7) is 0.698. The van der Waals surface area contributed by atoms with Crippen molar-refractivity contribution in [2.75, 3.05) is 20.6 Å². The third kappa shape index (κ3) is 2.77. The smallest absolute Gasteiger partial charge is 0.128 e. The molecule has 1 aromatic carbocycles. The highest BCUT2D eigenvalue weighted by atomic mass is 79.9. The summed E-state index contributed by atoms with van der Waals surface area (Å²) >= 11 is 3.33. The van der Waals surface area contributed by atoms with Gasteiger partial charge in [-0.3, -0.25) is 0 Å². The highest BCUT2D eigenvalue weighted by molar-refractivity contribution is 9.10. The first-order chi connectivity index (χ1) is 6.69. The average molecular weight is 261 g/mol. The van der Waals surface area contributed by atoms with Crippen molar-refractivity contribution in [3.8, 4) is 0 Å². The minimum Gasteiger partial charge on any atom is -0.318 e. The summed E-state index contributed by atoms with van der Waals surface area (Å²) in [6, 6.07) is 4.97. The number of nitrogens with one attached hydrogen (secondary N) is 2. The van der Waals surface area contributed by atoms with Crippen molar-refractivity contribution in [1.29, 1.82) is 0 Å². The maximum atomic E-state index is 13.4. The van der Waals surface area contributed by atoms with Crippen LogP contribution >= 0.6 is 15.9 Å². The lowest BCUT2D eigenvalue weighted by Gasteiger charge is -2.17. The number of rotatable bonds is 4. The largest absolute Gasteiger partial charge is 0.318 e. The minimum atomic E-state index is -0.178. The van der Waals surface area contributed by atoms with E-state index in [0.29, 0.717) is 12.1 Å². The normalized spacial score (nSPS) is 12.9. The van der Waals surface area contributed by atoms with Crippen LogP contribution in [-0.4, -0.2) is 20.6 Å². The molecule has 0 aliphatic heterocycles. The van der Waals surface area contributed by atoms with Crippen LogP contribution in [0.5, 0.6) is 0 Å². The molecular weight excluding hydrogens is 247 g/mol. The molecule has 0 aromatic heterocycles. The van der Waals surface area contributed by atoms with Crippen molar-refractivity contribution in [1.82, 2.24) is 10.6 Å². The molecular formula is C10H14BrFN2. The molecule has 78 valence electrons. The van der Waals surface area contributed by atoms with Crippen molar-refractivity contribution >= 4 is 15.9 Å². The summed E-state index contributed by atoms with van der Waals surface area (Å²) in [5, 5.41) is 6.08. The predicted octanol–water partition coefficient (Wildman–Crippen LogP) is 2.07. The average Bonchev–Trinajstić information content (AvgIpc) is 2.18. The van der Waals surface area contributed by atoms with E-state index in [9.17, 15) is 4.39 Å². The lowest BCUT2D eigenvalue weighted by atomic mass is 10.1. The highest BCUT2D eigenvalue weighted by Gasteiger charge is 2.12. The molecule has 1 aromatic rings. The first kappa shape index (κ1) is 11.6. The van der Waals surface area contributed by atoms with Crippen LogP contribution in [0.15, 0.2) is 22.7 Å². The van der Waals surface area contributed by atoms with Crippen LogP contribution in [0.4, 0.5) is 4.39 Å². The zero-order valence-corrected chi connectivity index (χ0v) is 9.86. The summed E-state index contributed by atoms with van der Waals surface area (Å²) < 4.78 is 14.3. The van der Waals surface area contributed by atoms with Gasteiger partial charge in [-0.15, -0.1) is 0 Å². The maximum Gasteiger partial charge on any atom is 0.128 e. The molecule has 1 unspecified atom stereocenters. The van der Waals surface area contributed by atoms with Gasteiger partial charge in [-0.05, 0) is 32.3 Å². The molecule has 1 rings (SSSR count). The molecule has 0 aliphatic carbocycles. The topological polar surface area (TPSA) is 24.1 Å². The number of hydrogen-bond acceptors (Lipinski definition) is 2. The van der Waals surface area contributed by atoms with Crippen molar-refractivity contribution in [3.05, 3.63) is 34.1 Å². The predicted molar refractivity (Wildman–Crippen MR) is 59.8 cm³/mol. The fourth-order valence-electron chi connectivity index (χ4n) is 1.35. The molecule has 4 heteroatoms. The molecule has 2 N–H and O–H groups in total. The third-order valence-electron chi connectivity index (χ3n) is 2.09. The summed E-state index contributed by atoms with van der Waals surface area (Å²) in [6.07, 6.45) is 0. The molecule has 0 saturated carbocycles. The van der Waals surface area contributed by atoms with E-state index < -0.39 is 0 Å². The second-order valence-electron chi connectivity index (χ2n) is 3.06. The van der Waals surface area contributed by atoms with Gasteiger partial charge in [0.25, 0.3) is 0 Å². The van der Waals surface area contributed by atoms with Gasteiger partial charge in [0.1, 0.15) is 5.82 Å². The lowest BCUT2D eigenvalue weighted by molar-refractivity contribution is 0.516. The van der Waals surface area contributed by atoms with Crippen LogP contribution in [0, 0.1) is 5.82 Å². The molecule has 0 fully saturated rings. The van der Waals surface area contributed by atoms with Gasteiger partial charge in [-0.25, -0.2) is 4.39 Å². The molecule has 0 aliphatic rings. The Morgan fingerprint density at radius 3 is 2.71 bits per heavy atom. The van der Waals surface area contributed by atoms with E-state index in [1.165, 1.54) is 6.07 Å². The van der Waals surface area contributed by atoms with Crippen molar-refractivity contribution in [3.63, 3.8) is 0 Å². The van der Waals surface area contributed by atoms with Crippen molar-refractivity contribution < 1.29 is 4.39 Å². The number of benzene rings is 1. The van der Waals surface area contributed by atoms with Crippen LogP contribution < -0.4 is 10.6 Å². The Labute approximate surface area is 92.0 Å². The number of halogens is 2. The first-order valence-corrected chi connectivity index (χ1v) is 5.25. The zero-order chi connectivity index (χ0) is 10.6. The van der Waals surface area contributed by atoms with Gasteiger partial charge >= 0.3 is 0 Å². The van der Waals surface area contributed by atoms with Crippen LogP contribution in [0.2, 0.25) is 0 Å². The Bertz CT molecular complexity index is 304. The summed E-state index contributed by atoms with van der Waals surface area (Å²) in [4.78, 5) is 0. The zero-order valence-electron chi connectivity index (χ0n) is 8.27. The number of likely N-dealkylation sites (N-methyl/N-ethyl adjacent to an activating group) is 2. The van der Waals surface area contributed by atoms with Gasteiger partial charge in [0.2, 0.25) is 0 Å². The minimum absolute atomic E-state index is 0.00231.